The van der Waals surface area contributed by atoms with Crippen molar-refractivity contribution >= 4 is 5.91 Å². The molecule has 0 bridgehead atoms. The van der Waals surface area contributed by atoms with E-state index in [1.54, 1.807) is 0 Å². The molecule has 0 unspecified atom stereocenters. The highest BCUT2D eigenvalue weighted by Crippen LogP contribution is 2.04. The van der Waals surface area contributed by atoms with Gasteiger partial charge in [-0.1, -0.05) is 29.8 Å². The van der Waals surface area contributed by atoms with E-state index in [1.807, 2.05) is 31.3 Å². The predicted octanol–water partition coefficient (Wildman–Crippen LogP) is 2.49. The Bertz CT molecular complexity index is 526. The molecule has 0 radical (unpaired) electrons. The van der Waals surface area contributed by atoms with E-state index in [-0.39, 0.29) is 5.91 Å². The molecule has 2 aromatic rings. The average Bonchev–Trinajstić information content (AvgIpc) is 2.74. The number of amides is 1. The fourth-order valence-corrected chi connectivity index (χ4v) is 1.82. The van der Waals surface area contributed by atoms with Crippen LogP contribution in [0.3, 0.4) is 0 Å². The molecule has 2 N–H and O–H groups in total. The first kappa shape index (κ1) is 12.4. The number of aromatic amines is 1. The van der Waals surface area contributed by atoms with E-state index in [9.17, 15) is 4.79 Å². The number of hydrogen-bond acceptors (Lipinski definition) is 1. The third-order valence-corrected chi connectivity index (χ3v) is 2.86. The average molecular weight is 242 g/mol. The molecule has 0 atom stereocenters. The molecule has 1 heterocycles. The molecule has 94 valence electrons. The van der Waals surface area contributed by atoms with Crippen molar-refractivity contribution in [2.75, 3.05) is 0 Å². The van der Waals surface area contributed by atoms with Crippen LogP contribution in [0.4, 0.5) is 0 Å². The lowest BCUT2D eigenvalue weighted by molar-refractivity contribution is -0.120. The highest BCUT2D eigenvalue weighted by atomic mass is 16.1. The van der Waals surface area contributed by atoms with Crippen molar-refractivity contribution in [3.63, 3.8) is 0 Å². The number of nitrogens with one attached hydrogen (secondary N) is 2. The van der Waals surface area contributed by atoms with Gasteiger partial charge in [-0.15, -0.1) is 0 Å². The zero-order valence-electron chi connectivity index (χ0n) is 10.8. The van der Waals surface area contributed by atoms with Crippen molar-refractivity contribution in [2.24, 2.45) is 0 Å². The molecular weight excluding hydrogens is 224 g/mol. The molecule has 1 aromatic carbocycles. The van der Waals surface area contributed by atoms with Crippen LogP contribution in [0.25, 0.3) is 0 Å². The maximum absolute atomic E-state index is 11.7. The van der Waals surface area contributed by atoms with E-state index < -0.39 is 0 Å². The predicted molar refractivity (Wildman–Crippen MR) is 72.3 cm³/mol. The molecule has 1 aromatic heterocycles. The SMILES string of the molecule is Cc1ccc(CNC(=O)Cc2c[nH]c(C)c2)cc1. The number of aryl methyl sites for hydroxylation is 2. The van der Waals surface area contributed by atoms with Crippen LogP contribution in [-0.2, 0) is 17.8 Å². The van der Waals surface area contributed by atoms with E-state index in [0.717, 1.165) is 16.8 Å². The lowest BCUT2D eigenvalue weighted by Gasteiger charge is -2.05. The second-order valence-corrected chi connectivity index (χ2v) is 4.63. The highest BCUT2D eigenvalue weighted by molar-refractivity contribution is 5.78. The van der Waals surface area contributed by atoms with Crippen molar-refractivity contribution in [1.29, 1.82) is 0 Å². The number of H-pyrrole nitrogens is 1. The van der Waals surface area contributed by atoms with E-state index >= 15 is 0 Å². The van der Waals surface area contributed by atoms with Crippen molar-refractivity contribution < 1.29 is 4.79 Å². The third kappa shape index (κ3) is 3.48. The minimum atomic E-state index is 0.0505. The number of carbonyl (C=O) groups excluding carboxylic acids is 1. The van der Waals surface area contributed by atoms with Gasteiger partial charge in [-0.2, -0.15) is 0 Å². The van der Waals surface area contributed by atoms with Crippen LogP contribution in [0, 0.1) is 13.8 Å². The second kappa shape index (κ2) is 5.54. The van der Waals surface area contributed by atoms with Gasteiger partial charge in [-0.25, -0.2) is 0 Å². The van der Waals surface area contributed by atoms with E-state index in [2.05, 4.69) is 29.4 Å². The number of hydrogen-bond donors (Lipinski definition) is 2. The van der Waals surface area contributed by atoms with E-state index in [0.29, 0.717) is 13.0 Å². The van der Waals surface area contributed by atoms with Gasteiger partial charge < -0.3 is 10.3 Å². The molecule has 0 aliphatic heterocycles. The van der Waals surface area contributed by atoms with Crippen LogP contribution in [0.5, 0.6) is 0 Å². The van der Waals surface area contributed by atoms with Gasteiger partial charge in [-0.05, 0) is 31.0 Å². The van der Waals surface area contributed by atoms with Gasteiger partial charge in [0, 0.05) is 18.4 Å². The van der Waals surface area contributed by atoms with E-state index in [4.69, 9.17) is 0 Å². The Hall–Kier alpha value is -2.03. The van der Waals surface area contributed by atoms with Crippen molar-refractivity contribution in [3.05, 3.63) is 58.9 Å². The number of benzene rings is 1. The second-order valence-electron chi connectivity index (χ2n) is 4.63. The summed E-state index contributed by atoms with van der Waals surface area (Å²) in [6, 6.07) is 10.2. The Morgan fingerprint density at radius 2 is 1.89 bits per heavy atom. The van der Waals surface area contributed by atoms with Crippen LogP contribution in [0.2, 0.25) is 0 Å². The van der Waals surface area contributed by atoms with Crippen molar-refractivity contribution in [2.45, 2.75) is 26.8 Å². The van der Waals surface area contributed by atoms with Gasteiger partial charge in [0.2, 0.25) is 5.91 Å². The summed E-state index contributed by atoms with van der Waals surface area (Å²) in [5.74, 6) is 0.0505. The fourth-order valence-electron chi connectivity index (χ4n) is 1.82. The quantitative estimate of drug-likeness (QED) is 0.850. The first-order chi connectivity index (χ1) is 8.63. The minimum Gasteiger partial charge on any atom is -0.365 e. The number of carbonyl (C=O) groups is 1. The molecule has 18 heavy (non-hydrogen) atoms. The molecule has 0 saturated carbocycles. The number of aromatic nitrogens is 1. The molecule has 0 saturated heterocycles. The first-order valence-corrected chi connectivity index (χ1v) is 6.09. The highest BCUT2D eigenvalue weighted by Gasteiger charge is 2.04. The van der Waals surface area contributed by atoms with Gasteiger partial charge in [0.1, 0.15) is 0 Å². The molecular formula is C15H18N2O. The summed E-state index contributed by atoms with van der Waals surface area (Å²) < 4.78 is 0. The van der Waals surface area contributed by atoms with Crippen LogP contribution >= 0.6 is 0 Å². The zero-order valence-corrected chi connectivity index (χ0v) is 10.8. The summed E-state index contributed by atoms with van der Waals surface area (Å²) in [6.07, 6.45) is 2.30. The Labute approximate surface area is 107 Å². The lowest BCUT2D eigenvalue weighted by atomic mass is 10.1. The van der Waals surface area contributed by atoms with Gasteiger partial charge in [0.25, 0.3) is 0 Å². The minimum absolute atomic E-state index is 0.0505. The monoisotopic (exact) mass is 242 g/mol. The Morgan fingerprint density at radius 3 is 2.50 bits per heavy atom. The Morgan fingerprint density at radius 1 is 1.17 bits per heavy atom. The van der Waals surface area contributed by atoms with Crippen LogP contribution in [0.1, 0.15) is 22.4 Å². The molecule has 0 spiro atoms. The third-order valence-electron chi connectivity index (χ3n) is 2.86. The van der Waals surface area contributed by atoms with Gasteiger partial charge in [0.05, 0.1) is 6.42 Å². The summed E-state index contributed by atoms with van der Waals surface area (Å²) in [5, 5.41) is 2.92. The molecule has 2 rings (SSSR count). The maximum Gasteiger partial charge on any atom is 0.224 e. The molecule has 1 amide bonds. The lowest BCUT2D eigenvalue weighted by Crippen LogP contribution is -2.24. The van der Waals surface area contributed by atoms with Gasteiger partial charge in [-0.3, -0.25) is 4.79 Å². The van der Waals surface area contributed by atoms with Crippen molar-refractivity contribution in [1.82, 2.24) is 10.3 Å². The molecule has 3 heteroatoms. The fraction of sp³-hybridized carbons (Fsp3) is 0.267. The largest absolute Gasteiger partial charge is 0.365 e. The van der Waals surface area contributed by atoms with E-state index in [1.165, 1.54) is 5.56 Å². The molecule has 3 nitrogen and oxygen atoms in total. The normalized spacial score (nSPS) is 10.3. The van der Waals surface area contributed by atoms with Crippen LogP contribution in [0.15, 0.2) is 36.5 Å². The molecule has 0 aliphatic rings. The Balaban J connectivity index is 1.83. The maximum atomic E-state index is 11.7. The summed E-state index contributed by atoms with van der Waals surface area (Å²) in [6.45, 7) is 4.62. The molecule has 0 fully saturated rings. The van der Waals surface area contributed by atoms with Crippen LogP contribution < -0.4 is 5.32 Å². The summed E-state index contributed by atoms with van der Waals surface area (Å²) in [4.78, 5) is 14.8. The summed E-state index contributed by atoms with van der Waals surface area (Å²) >= 11 is 0. The van der Waals surface area contributed by atoms with Gasteiger partial charge in [0.15, 0.2) is 0 Å². The van der Waals surface area contributed by atoms with Crippen molar-refractivity contribution in [3.8, 4) is 0 Å². The number of rotatable bonds is 4. The first-order valence-electron chi connectivity index (χ1n) is 6.09. The van der Waals surface area contributed by atoms with Gasteiger partial charge >= 0.3 is 0 Å². The molecule has 0 aliphatic carbocycles. The Kier molecular flexibility index (Phi) is 3.82. The summed E-state index contributed by atoms with van der Waals surface area (Å²) in [5.41, 5.74) is 4.46. The zero-order chi connectivity index (χ0) is 13.0. The standard InChI is InChI=1S/C15H18N2O/c1-11-3-5-13(6-4-11)9-17-15(18)8-14-7-12(2)16-10-14/h3-7,10,16H,8-9H2,1-2H3,(H,17,18). The smallest absolute Gasteiger partial charge is 0.224 e. The topological polar surface area (TPSA) is 44.9 Å². The summed E-state index contributed by atoms with van der Waals surface area (Å²) in [7, 11) is 0. The van der Waals surface area contributed by atoms with Crippen LogP contribution in [-0.4, -0.2) is 10.9 Å².